The highest BCUT2D eigenvalue weighted by Crippen LogP contribution is 2.21. The lowest BCUT2D eigenvalue weighted by atomic mass is 10.1. The second-order valence-electron chi connectivity index (χ2n) is 8.13. The van der Waals surface area contributed by atoms with Gasteiger partial charge in [0.05, 0.1) is 27.9 Å². The van der Waals surface area contributed by atoms with Gasteiger partial charge in [-0.2, -0.15) is 5.10 Å². The van der Waals surface area contributed by atoms with Crippen LogP contribution in [0.25, 0.3) is 0 Å². The number of ether oxygens (including phenoxy) is 1. The van der Waals surface area contributed by atoms with Crippen molar-refractivity contribution in [3.8, 4) is 5.75 Å². The number of sulfonamides is 1. The average molecular weight is 548 g/mol. The van der Waals surface area contributed by atoms with Crippen LogP contribution in [-0.4, -0.2) is 26.5 Å². The number of nitrogens with one attached hydrogen (secondary N) is 2. The summed E-state index contributed by atoms with van der Waals surface area (Å²) in [5, 5.41) is 4.35. The Morgan fingerprint density at radius 3 is 2.32 bits per heavy atom. The number of esters is 1. The molecule has 8 nitrogen and oxygen atoms in total. The van der Waals surface area contributed by atoms with E-state index in [1.54, 1.807) is 54.6 Å². The molecule has 0 spiro atoms. The number of nitrogens with zero attached hydrogens (tertiary/aromatic N) is 1. The van der Waals surface area contributed by atoms with Crippen molar-refractivity contribution in [3.63, 3.8) is 0 Å². The first-order valence-corrected chi connectivity index (χ1v) is 13.2. The monoisotopic (exact) mass is 547 g/mol. The maximum atomic E-state index is 12.7. The maximum Gasteiger partial charge on any atom is 0.343 e. The predicted octanol–water partition coefficient (Wildman–Crippen LogP) is 5.43. The Morgan fingerprint density at radius 2 is 1.61 bits per heavy atom. The standard InChI is InChI=1S/C28H22ClN3O5S/c1-19-5-4-6-21(17-19)28(34)37-23-13-9-20(10-14-23)18-30-31-27(33)25-7-2-3-8-26(25)32-38(35,36)24-15-11-22(29)12-16-24/h2-18,32H,1H3,(H,31,33). The summed E-state index contributed by atoms with van der Waals surface area (Å²) in [6.07, 6.45) is 1.41. The molecule has 0 aliphatic rings. The summed E-state index contributed by atoms with van der Waals surface area (Å²) in [4.78, 5) is 25.0. The van der Waals surface area contributed by atoms with Gasteiger partial charge < -0.3 is 4.74 Å². The van der Waals surface area contributed by atoms with Gasteiger partial charge in [-0.05, 0) is 85.3 Å². The SMILES string of the molecule is Cc1cccc(C(=O)Oc2ccc(C=NNC(=O)c3ccccc3NS(=O)(=O)c3ccc(Cl)cc3)cc2)c1. The topological polar surface area (TPSA) is 114 Å². The molecule has 10 heteroatoms. The molecule has 4 aromatic carbocycles. The molecule has 1 amide bonds. The summed E-state index contributed by atoms with van der Waals surface area (Å²) in [6.45, 7) is 1.89. The second-order valence-corrected chi connectivity index (χ2v) is 10.3. The molecule has 38 heavy (non-hydrogen) atoms. The van der Waals surface area contributed by atoms with Gasteiger partial charge in [0.1, 0.15) is 5.75 Å². The number of amides is 1. The highest BCUT2D eigenvalue weighted by atomic mass is 35.5. The van der Waals surface area contributed by atoms with Gasteiger partial charge in [-0.1, -0.05) is 41.4 Å². The minimum absolute atomic E-state index is 0.00291. The van der Waals surface area contributed by atoms with E-state index in [9.17, 15) is 18.0 Å². The third kappa shape index (κ3) is 6.84. The third-order valence-corrected chi connectivity index (χ3v) is 6.90. The molecule has 192 valence electrons. The number of halogens is 1. The number of aryl methyl sites for hydroxylation is 1. The number of hydrogen-bond acceptors (Lipinski definition) is 6. The number of benzene rings is 4. The Morgan fingerprint density at radius 1 is 0.895 bits per heavy atom. The van der Waals surface area contributed by atoms with Crippen LogP contribution < -0.4 is 14.9 Å². The Kier molecular flexibility index (Phi) is 8.20. The lowest BCUT2D eigenvalue weighted by Gasteiger charge is -2.11. The summed E-state index contributed by atoms with van der Waals surface area (Å²) < 4.78 is 33.3. The summed E-state index contributed by atoms with van der Waals surface area (Å²) in [7, 11) is -3.95. The number of anilines is 1. The van der Waals surface area contributed by atoms with Gasteiger partial charge in [0.2, 0.25) is 0 Å². The molecule has 2 N–H and O–H groups in total. The van der Waals surface area contributed by atoms with Crippen LogP contribution >= 0.6 is 11.6 Å². The molecule has 0 radical (unpaired) electrons. The van der Waals surface area contributed by atoms with Crippen molar-refractivity contribution in [3.05, 3.63) is 124 Å². The Bertz CT molecular complexity index is 1600. The lowest BCUT2D eigenvalue weighted by Crippen LogP contribution is -2.21. The van der Waals surface area contributed by atoms with Crippen LogP contribution in [0.5, 0.6) is 5.75 Å². The van der Waals surface area contributed by atoms with Crippen molar-refractivity contribution in [2.75, 3.05) is 4.72 Å². The zero-order chi connectivity index (χ0) is 27.1. The molecule has 0 aromatic heterocycles. The fourth-order valence-electron chi connectivity index (χ4n) is 3.37. The zero-order valence-electron chi connectivity index (χ0n) is 20.1. The summed E-state index contributed by atoms with van der Waals surface area (Å²) in [5.74, 6) is -0.716. The number of para-hydroxylation sites is 1. The van der Waals surface area contributed by atoms with Gasteiger partial charge in [-0.3, -0.25) is 9.52 Å². The van der Waals surface area contributed by atoms with Gasteiger partial charge >= 0.3 is 5.97 Å². The van der Waals surface area contributed by atoms with E-state index < -0.39 is 21.9 Å². The van der Waals surface area contributed by atoms with Gasteiger partial charge in [-0.15, -0.1) is 0 Å². The van der Waals surface area contributed by atoms with Crippen LogP contribution in [0.4, 0.5) is 5.69 Å². The van der Waals surface area contributed by atoms with Gasteiger partial charge in [0.25, 0.3) is 15.9 Å². The van der Waals surface area contributed by atoms with Crippen molar-refractivity contribution < 1.29 is 22.7 Å². The van der Waals surface area contributed by atoms with Crippen LogP contribution in [-0.2, 0) is 10.0 Å². The number of carbonyl (C=O) groups is 2. The van der Waals surface area contributed by atoms with Crippen molar-refractivity contribution in [1.82, 2.24) is 5.43 Å². The minimum Gasteiger partial charge on any atom is -0.423 e. The molecule has 0 saturated carbocycles. The summed E-state index contributed by atoms with van der Waals surface area (Å²) >= 11 is 5.84. The summed E-state index contributed by atoms with van der Waals surface area (Å²) in [6, 6.07) is 25.5. The lowest BCUT2D eigenvalue weighted by molar-refractivity contribution is 0.0734. The van der Waals surface area contributed by atoms with Gasteiger partial charge in [0, 0.05) is 5.02 Å². The van der Waals surface area contributed by atoms with E-state index >= 15 is 0 Å². The smallest absolute Gasteiger partial charge is 0.343 e. The largest absolute Gasteiger partial charge is 0.423 e. The first-order valence-electron chi connectivity index (χ1n) is 11.3. The zero-order valence-corrected chi connectivity index (χ0v) is 21.7. The van der Waals surface area contributed by atoms with E-state index in [-0.39, 0.29) is 16.1 Å². The molecule has 4 rings (SSSR count). The van der Waals surface area contributed by atoms with Crippen molar-refractivity contribution in [2.45, 2.75) is 11.8 Å². The average Bonchev–Trinajstić information content (AvgIpc) is 2.90. The van der Waals surface area contributed by atoms with E-state index in [0.717, 1.165) is 5.56 Å². The van der Waals surface area contributed by atoms with Crippen molar-refractivity contribution in [1.29, 1.82) is 0 Å². The van der Waals surface area contributed by atoms with Crippen molar-refractivity contribution in [2.24, 2.45) is 5.10 Å². The Labute approximate surface area is 225 Å². The Hall–Kier alpha value is -4.47. The molecule has 0 bridgehead atoms. The molecule has 0 atom stereocenters. The van der Waals surface area contributed by atoms with E-state index in [1.807, 2.05) is 13.0 Å². The van der Waals surface area contributed by atoms with Crippen LogP contribution in [0.2, 0.25) is 5.02 Å². The maximum absolute atomic E-state index is 12.7. The van der Waals surface area contributed by atoms with Crippen LogP contribution in [0.1, 0.15) is 31.8 Å². The highest BCUT2D eigenvalue weighted by Gasteiger charge is 2.18. The van der Waals surface area contributed by atoms with E-state index in [0.29, 0.717) is 21.9 Å². The number of hydrazone groups is 1. The number of rotatable bonds is 8. The first-order chi connectivity index (χ1) is 18.2. The van der Waals surface area contributed by atoms with Gasteiger partial charge in [-0.25, -0.2) is 18.6 Å². The van der Waals surface area contributed by atoms with Crippen molar-refractivity contribution >= 4 is 45.4 Å². The molecule has 4 aromatic rings. The first kappa shape index (κ1) is 26.6. The fraction of sp³-hybridized carbons (Fsp3) is 0.0357. The quantitative estimate of drug-likeness (QED) is 0.132. The molecular weight excluding hydrogens is 526 g/mol. The summed E-state index contributed by atoms with van der Waals surface area (Å²) in [5.41, 5.74) is 4.61. The minimum atomic E-state index is -3.95. The number of carbonyl (C=O) groups excluding carboxylic acids is 2. The van der Waals surface area contributed by atoms with E-state index in [2.05, 4.69) is 15.2 Å². The second kappa shape index (κ2) is 11.7. The normalized spacial score (nSPS) is 11.2. The van der Waals surface area contributed by atoms with Crippen LogP contribution in [0.3, 0.4) is 0 Å². The molecule has 0 unspecified atom stereocenters. The molecule has 0 heterocycles. The van der Waals surface area contributed by atoms with Gasteiger partial charge in [0.15, 0.2) is 0 Å². The van der Waals surface area contributed by atoms with Crippen LogP contribution in [0, 0.1) is 6.92 Å². The fourth-order valence-corrected chi connectivity index (χ4v) is 4.58. The van der Waals surface area contributed by atoms with Crippen LogP contribution in [0.15, 0.2) is 107 Å². The van der Waals surface area contributed by atoms with E-state index in [4.69, 9.17) is 16.3 Å². The molecule has 0 aliphatic heterocycles. The molecule has 0 aliphatic carbocycles. The molecular formula is C28H22ClN3O5S. The highest BCUT2D eigenvalue weighted by molar-refractivity contribution is 7.92. The molecule has 0 saturated heterocycles. The molecule has 0 fully saturated rings. The Balaban J connectivity index is 1.39. The predicted molar refractivity (Wildman–Crippen MR) is 146 cm³/mol. The number of hydrogen-bond donors (Lipinski definition) is 2. The van der Waals surface area contributed by atoms with E-state index in [1.165, 1.54) is 42.6 Å². The third-order valence-electron chi connectivity index (χ3n) is 5.26.